The molecule has 0 spiro atoms. The maximum absolute atomic E-state index is 13.0. The fourth-order valence-electron chi connectivity index (χ4n) is 2.94. The first-order chi connectivity index (χ1) is 15.6. The van der Waals surface area contributed by atoms with Crippen LogP contribution in [0.25, 0.3) is 10.1 Å². The summed E-state index contributed by atoms with van der Waals surface area (Å²) < 4.78 is 40.1. The first-order valence-electron chi connectivity index (χ1n) is 9.40. The van der Waals surface area contributed by atoms with Gasteiger partial charge in [-0.15, -0.1) is 22.7 Å². The number of pyridine rings is 1. The number of benzene rings is 1. The van der Waals surface area contributed by atoms with Gasteiger partial charge in [0.05, 0.1) is 22.8 Å². The summed E-state index contributed by atoms with van der Waals surface area (Å²) in [6.45, 7) is 1.72. The normalized spacial score (nSPS) is 12.5. The third-order valence-electron chi connectivity index (χ3n) is 4.58. The molecule has 0 aliphatic rings. The molecule has 3 aromatic heterocycles. The van der Waals surface area contributed by atoms with Gasteiger partial charge >= 0.3 is 6.18 Å². The molecule has 170 valence electrons. The SMILES string of the molecule is CC(NC(=O)c1ccc2sccc2c1)c1ncc(C(=O)Nc2cc(C(F)(F)F)c(Cl)cn2)s1. The van der Waals surface area contributed by atoms with Crippen molar-refractivity contribution in [3.8, 4) is 0 Å². The van der Waals surface area contributed by atoms with Gasteiger partial charge in [-0.2, -0.15) is 13.2 Å². The monoisotopic (exact) mass is 510 g/mol. The van der Waals surface area contributed by atoms with Crippen molar-refractivity contribution in [3.63, 3.8) is 0 Å². The van der Waals surface area contributed by atoms with Gasteiger partial charge in [-0.1, -0.05) is 11.6 Å². The van der Waals surface area contributed by atoms with Crippen molar-refractivity contribution in [2.75, 3.05) is 5.32 Å². The highest BCUT2D eigenvalue weighted by Gasteiger charge is 2.34. The molecule has 0 aliphatic carbocycles. The summed E-state index contributed by atoms with van der Waals surface area (Å²) in [5.74, 6) is -1.26. The lowest BCUT2D eigenvalue weighted by atomic mass is 10.1. The fourth-order valence-corrected chi connectivity index (χ4v) is 4.74. The molecule has 0 aliphatic heterocycles. The van der Waals surface area contributed by atoms with Gasteiger partial charge in [0.1, 0.15) is 15.7 Å². The minimum absolute atomic E-state index is 0.149. The number of fused-ring (bicyclic) bond motifs is 1. The Labute approximate surface area is 198 Å². The van der Waals surface area contributed by atoms with Crippen molar-refractivity contribution in [2.24, 2.45) is 0 Å². The number of thiophene rings is 1. The Morgan fingerprint density at radius 1 is 1.09 bits per heavy atom. The number of thiazole rings is 1. The van der Waals surface area contributed by atoms with Gasteiger partial charge in [-0.05, 0) is 48.0 Å². The molecule has 0 bridgehead atoms. The van der Waals surface area contributed by atoms with Gasteiger partial charge in [0.15, 0.2) is 0 Å². The van der Waals surface area contributed by atoms with Crippen LogP contribution in [0, 0.1) is 0 Å². The number of halogens is 4. The van der Waals surface area contributed by atoms with Crippen LogP contribution in [0.2, 0.25) is 5.02 Å². The minimum Gasteiger partial charge on any atom is -0.343 e. The smallest absolute Gasteiger partial charge is 0.343 e. The molecule has 0 saturated heterocycles. The third-order valence-corrected chi connectivity index (χ3v) is 6.96. The number of alkyl halides is 3. The first kappa shape index (κ1) is 23.1. The predicted molar refractivity (Wildman–Crippen MR) is 122 cm³/mol. The zero-order chi connectivity index (χ0) is 23.8. The highest BCUT2D eigenvalue weighted by Crippen LogP contribution is 2.35. The average molecular weight is 511 g/mol. The summed E-state index contributed by atoms with van der Waals surface area (Å²) in [4.78, 5) is 33.1. The van der Waals surface area contributed by atoms with Crippen molar-refractivity contribution < 1.29 is 22.8 Å². The molecule has 4 rings (SSSR count). The Kier molecular flexibility index (Phi) is 6.37. The van der Waals surface area contributed by atoms with Crippen LogP contribution in [0.5, 0.6) is 0 Å². The molecular weight excluding hydrogens is 497 g/mol. The summed E-state index contributed by atoms with van der Waals surface area (Å²) in [7, 11) is 0. The molecular formula is C21H14ClF3N4O2S2. The van der Waals surface area contributed by atoms with Crippen LogP contribution in [-0.2, 0) is 6.18 Å². The van der Waals surface area contributed by atoms with E-state index in [1.54, 1.807) is 30.4 Å². The molecule has 0 saturated carbocycles. The summed E-state index contributed by atoms with van der Waals surface area (Å²) >= 11 is 8.14. The number of amides is 2. The zero-order valence-electron chi connectivity index (χ0n) is 16.7. The minimum atomic E-state index is -4.68. The van der Waals surface area contributed by atoms with E-state index in [-0.39, 0.29) is 16.6 Å². The number of aromatic nitrogens is 2. The Morgan fingerprint density at radius 2 is 1.88 bits per heavy atom. The summed E-state index contributed by atoms with van der Waals surface area (Å²) in [6.07, 6.45) is -2.57. The number of hydrogen-bond donors (Lipinski definition) is 2. The second-order valence-electron chi connectivity index (χ2n) is 6.93. The molecule has 2 amide bonds. The summed E-state index contributed by atoms with van der Waals surface area (Å²) in [5.41, 5.74) is -0.604. The quantitative estimate of drug-likeness (QED) is 0.336. The number of carbonyl (C=O) groups excluding carboxylic acids is 2. The Morgan fingerprint density at radius 3 is 2.64 bits per heavy atom. The van der Waals surface area contributed by atoms with Crippen molar-refractivity contribution in [3.05, 3.63) is 74.1 Å². The molecule has 33 heavy (non-hydrogen) atoms. The highest BCUT2D eigenvalue weighted by atomic mass is 35.5. The fraction of sp³-hybridized carbons (Fsp3) is 0.143. The number of anilines is 1. The first-order valence-corrected chi connectivity index (χ1v) is 11.5. The van der Waals surface area contributed by atoms with Crippen molar-refractivity contribution in [2.45, 2.75) is 19.1 Å². The molecule has 0 radical (unpaired) electrons. The largest absolute Gasteiger partial charge is 0.418 e. The van der Waals surface area contributed by atoms with Gasteiger partial charge in [-0.3, -0.25) is 9.59 Å². The topological polar surface area (TPSA) is 84.0 Å². The molecule has 12 heteroatoms. The number of nitrogens with zero attached hydrogens (tertiary/aromatic N) is 2. The molecule has 6 nitrogen and oxygen atoms in total. The van der Waals surface area contributed by atoms with Crippen molar-refractivity contribution in [1.29, 1.82) is 0 Å². The molecule has 2 N–H and O–H groups in total. The molecule has 1 unspecified atom stereocenters. The Hall–Kier alpha value is -3.02. The Balaban J connectivity index is 1.43. The molecule has 1 atom stereocenters. The maximum Gasteiger partial charge on any atom is 0.418 e. The van der Waals surface area contributed by atoms with Gasteiger partial charge < -0.3 is 10.6 Å². The molecule has 1 aromatic carbocycles. The lowest BCUT2D eigenvalue weighted by Gasteiger charge is -2.11. The lowest BCUT2D eigenvalue weighted by Crippen LogP contribution is -2.26. The van der Waals surface area contributed by atoms with Crippen molar-refractivity contribution in [1.82, 2.24) is 15.3 Å². The van der Waals surface area contributed by atoms with E-state index in [0.29, 0.717) is 16.6 Å². The molecule has 4 aromatic rings. The molecule has 0 fully saturated rings. The lowest BCUT2D eigenvalue weighted by molar-refractivity contribution is -0.137. The summed E-state index contributed by atoms with van der Waals surface area (Å²) in [5, 5.41) is 7.95. The van der Waals surface area contributed by atoms with E-state index >= 15 is 0 Å². The average Bonchev–Trinajstić information content (AvgIpc) is 3.43. The maximum atomic E-state index is 13.0. The van der Waals surface area contributed by atoms with Crippen LogP contribution in [0.3, 0.4) is 0 Å². The van der Waals surface area contributed by atoms with Crippen LogP contribution in [0.1, 0.15) is 43.6 Å². The number of carbonyl (C=O) groups is 2. The van der Waals surface area contributed by atoms with Gasteiger partial charge in [0, 0.05) is 16.5 Å². The number of hydrogen-bond acceptors (Lipinski definition) is 6. The van der Waals surface area contributed by atoms with E-state index in [4.69, 9.17) is 11.6 Å². The zero-order valence-corrected chi connectivity index (χ0v) is 19.1. The van der Waals surface area contributed by atoms with Crippen LogP contribution in [0.15, 0.2) is 48.1 Å². The second kappa shape index (κ2) is 9.08. The summed E-state index contributed by atoms with van der Waals surface area (Å²) in [6, 6.07) is 7.50. The van der Waals surface area contributed by atoms with E-state index in [1.807, 2.05) is 17.5 Å². The van der Waals surface area contributed by atoms with Gasteiger partial charge in [0.25, 0.3) is 11.8 Å². The number of nitrogens with one attached hydrogen (secondary N) is 2. The van der Waals surface area contributed by atoms with E-state index in [2.05, 4.69) is 20.6 Å². The third kappa shape index (κ3) is 5.15. The highest BCUT2D eigenvalue weighted by molar-refractivity contribution is 7.17. The van der Waals surface area contributed by atoms with Gasteiger partial charge in [-0.25, -0.2) is 9.97 Å². The van der Waals surface area contributed by atoms with E-state index in [9.17, 15) is 22.8 Å². The standard InChI is InChI=1S/C21H14ClF3N4O2S2/c1-10(28-18(30)12-2-3-15-11(6-12)4-5-32-15)20-27-9-16(33-20)19(31)29-17-7-13(21(23,24)25)14(22)8-26-17/h2-10H,1H3,(H,28,30)(H,26,29,31). The van der Waals surface area contributed by atoms with Crippen LogP contribution in [-0.4, -0.2) is 21.8 Å². The Bertz CT molecular complexity index is 1350. The number of rotatable bonds is 5. The molecule has 3 heterocycles. The second-order valence-corrected chi connectivity index (χ2v) is 9.35. The van der Waals surface area contributed by atoms with Crippen molar-refractivity contribution >= 4 is 62.0 Å². The van der Waals surface area contributed by atoms with E-state index in [1.165, 1.54) is 6.20 Å². The van der Waals surface area contributed by atoms with Crippen LogP contribution >= 0.6 is 34.3 Å². The van der Waals surface area contributed by atoms with Crippen LogP contribution in [0.4, 0.5) is 19.0 Å². The van der Waals surface area contributed by atoms with Crippen LogP contribution < -0.4 is 10.6 Å². The van der Waals surface area contributed by atoms with Gasteiger partial charge in [0.2, 0.25) is 0 Å². The predicted octanol–water partition coefficient (Wildman–Crippen LogP) is 6.17. The van der Waals surface area contributed by atoms with E-state index in [0.717, 1.165) is 27.6 Å². The van der Waals surface area contributed by atoms with E-state index < -0.39 is 28.7 Å².